The number of hydrogen-bond acceptors (Lipinski definition) is 5. The number of aliphatic hydroxyl groups is 1. The highest BCUT2D eigenvalue weighted by atomic mass is 16.3. The predicted octanol–water partition coefficient (Wildman–Crippen LogP) is 3.80. The van der Waals surface area contributed by atoms with Crippen molar-refractivity contribution < 1.29 is 5.11 Å². The fourth-order valence-electron chi connectivity index (χ4n) is 2.81. The lowest BCUT2D eigenvalue weighted by atomic mass is 10.1. The van der Waals surface area contributed by atoms with Crippen molar-refractivity contribution in [2.24, 2.45) is 0 Å². The maximum atomic E-state index is 9.46. The lowest BCUT2D eigenvalue weighted by Crippen LogP contribution is -2.04. The van der Waals surface area contributed by atoms with Gasteiger partial charge in [-0.3, -0.25) is 4.98 Å². The van der Waals surface area contributed by atoms with Crippen molar-refractivity contribution in [1.29, 1.82) is 0 Å². The molecule has 2 aromatic carbocycles. The Morgan fingerprint density at radius 2 is 1.77 bits per heavy atom. The molecule has 0 amide bonds. The molecule has 2 N–H and O–H groups in total. The van der Waals surface area contributed by atoms with E-state index >= 15 is 0 Å². The molecule has 128 valence electrons. The summed E-state index contributed by atoms with van der Waals surface area (Å²) in [6.45, 7) is 0.640. The van der Waals surface area contributed by atoms with Gasteiger partial charge in [0.1, 0.15) is 5.82 Å². The third kappa shape index (κ3) is 3.38. The predicted molar refractivity (Wildman–Crippen MR) is 102 cm³/mol. The van der Waals surface area contributed by atoms with Gasteiger partial charge in [-0.1, -0.05) is 36.4 Å². The quantitative estimate of drug-likeness (QED) is 0.577. The number of fused-ring (bicyclic) bond motifs is 1. The molecule has 0 saturated carbocycles. The minimum atomic E-state index is -0.0155. The molecular weight excluding hydrogens is 324 g/mol. The number of nitrogens with one attached hydrogen (secondary N) is 1. The molecule has 2 aromatic heterocycles. The standard InChI is InChI=1S/C21H18N4O/c26-14-16-8-9-19-18(11-16)21(23-12-15-5-2-1-3-6-15)25-20(24-19)17-7-4-10-22-13-17/h1-11,13,26H,12,14H2,(H,23,24,25). The molecule has 4 rings (SSSR count). The summed E-state index contributed by atoms with van der Waals surface area (Å²) in [5.41, 5.74) is 3.69. The normalized spacial score (nSPS) is 10.8. The van der Waals surface area contributed by atoms with Gasteiger partial charge in [0.05, 0.1) is 12.1 Å². The van der Waals surface area contributed by atoms with Crippen LogP contribution in [0.15, 0.2) is 73.1 Å². The minimum Gasteiger partial charge on any atom is -0.392 e. The molecule has 26 heavy (non-hydrogen) atoms. The Morgan fingerprint density at radius 3 is 2.54 bits per heavy atom. The molecule has 0 aliphatic heterocycles. The largest absolute Gasteiger partial charge is 0.392 e. The Labute approximate surface area is 151 Å². The van der Waals surface area contributed by atoms with Gasteiger partial charge in [0, 0.05) is 29.9 Å². The molecule has 0 bridgehead atoms. The van der Waals surface area contributed by atoms with Crippen LogP contribution < -0.4 is 5.32 Å². The maximum absolute atomic E-state index is 9.46. The molecule has 2 heterocycles. The average Bonchev–Trinajstić information content (AvgIpc) is 2.73. The zero-order valence-corrected chi connectivity index (χ0v) is 14.1. The molecule has 5 heteroatoms. The van der Waals surface area contributed by atoms with Gasteiger partial charge in [0.15, 0.2) is 5.82 Å². The van der Waals surface area contributed by atoms with Gasteiger partial charge in [-0.15, -0.1) is 0 Å². The zero-order chi connectivity index (χ0) is 17.8. The van der Waals surface area contributed by atoms with Crippen molar-refractivity contribution in [1.82, 2.24) is 15.0 Å². The van der Waals surface area contributed by atoms with Gasteiger partial charge in [0.2, 0.25) is 0 Å². The van der Waals surface area contributed by atoms with Crippen molar-refractivity contribution in [3.8, 4) is 11.4 Å². The number of pyridine rings is 1. The second kappa shape index (κ2) is 7.29. The number of hydrogen-bond donors (Lipinski definition) is 2. The first kappa shape index (κ1) is 16.2. The molecule has 0 unspecified atom stereocenters. The van der Waals surface area contributed by atoms with Crippen LogP contribution in [-0.2, 0) is 13.2 Å². The SMILES string of the molecule is OCc1ccc2nc(-c3cccnc3)nc(NCc3ccccc3)c2c1. The van der Waals surface area contributed by atoms with E-state index in [4.69, 9.17) is 4.98 Å². The summed E-state index contributed by atoms with van der Waals surface area (Å²) < 4.78 is 0. The second-order valence-corrected chi connectivity index (χ2v) is 5.99. The Hall–Kier alpha value is -3.31. The summed E-state index contributed by atoms with van der Waals surface area (Å²) in [6.07, 6.45) is 3.48. The summed E-state index contributed by atoms with van der Waals surface area (Å²) in [5, 5.41) is 13.8. The maximum Gasteiger partial charge on any atom is 0.163 e. The van der Waals surface area contributed by atoms with E-state index in [1.54, 1.807) is 12.4 Å². The highest BCUT2D eigenvalue weighted by Crippen LogP contribution is 2.26. The smallest absolute Gasteiger partial charge is 0.163 e. The van der Waals surface area contributed by atoms with E-state index in [9.17, 15) is 5.11 Å². The molecule has 0 spiro atoms. The van der Waals surface area contributed by atoms with Crippen LogP contribution in [0, 0.1) is 0 Å². The first-order valence-corrected chi connectivity index (χ1v) is 8.43. The summed E-state index contributed by atoms with van der Waals surface area (Å²) in [6, 6.07) is 19.7. The van der Waals surface area contributed by atoms with Gasteiger partial charge in [-0.2, -0.15) is 0 Å². The Kier molecular flexibility index (Phi) is 4.53. The number of benzene rings is 2. The lowest BCUT2D eigenvalue weighted by Gasteiger charge is -2.12. The number of anilines is 1. The van der Waals surface area contributed by atoms with E-state index in [0.717, 1.165) is 27.8 Å². The Bertz CT molecular complexity index is 1020. The summed E-state index contributed by atoms with van der Waals surface area (Å²) in [4.78, 5) is 13.5. The fourth-order valence-corrected chi connectivity index (χ4v) is 2.81. The first-order valence-electron chi connectivity index (χ1n) is 8.43. The monoisotopic (exact) mass is 342 g/mol. The number of rotatable bonds is 5. The topological polar surface area (TPSA) is 70.9 Å². The third-order valence-corrected chi connectivity index (χ3v) is 4.17. The van der Waals surface area contributed by atoms with Gasteiger partial charge < -0.3 is 10.4 Å². The van der Waals surface area contributed by atoms with Crippen LogP contribution in [0.25, 0.3) is 22.3 Å². The van der Waals surface area contributed by atoms with E-state index in [-0.39, 0.29) is 6.61 Å². The van der Waals surface area contributed by atoms with E-state index in [1.165, 1.54) is 5.56 Å². The highest BCUT2D eigenvalue weighted by molar-refractivity contribution is 5.91. The molecule has 0 atom stereocenters. The Balaban J connectivity index is 1.78. The third-order valence-electron chi connectivity index (χ3n) is 4.17. The Morgan fingerprint density at radius 1 is 0.885 bits per heavy atom. The molecule has 0 fully saturated rings. The molecule has 0 aliphatic rings. The van der Waals surface area contributed by atoms with E-state index in [2.05, 4.69) is 27.4 Å². The van der Waals surface area contributed by atoms with E-state index < -0.39 is 0 Å². The first-order chi connectivity index (χ1) is 12.8. The molecular formula is C21H18N4O. The van der Waals surface area contributed by atoms with Crippen molar-refractivity contribution >= 4 is 16.7 Å². The van der Waals surface area contributed by atoms with Crippen LogP contribution >= 0.6 is 0 Å². The summed E-state index contributed by atoms with van der Waals surface area (Å²) in [7, 11) is 0. The van der Waals surface area contributed by atoms with Crippen molar-refractivity contribution in [3.05, 3.63) is 84.2 Å². The lowest BCUT2D eigenvalue weighted by molar-refractivity contribution is 0.282. The molecule has 0 aliphatic carbocycles. The van der Waals surface area contributed by atoms with E-state index in [0.29, 0.717) is 12.4 Å². The van der Waals surface area contributed by atoms with Gasteiger partial charge in [-0.25, -0.2) is 9.97 Å². The van der Waals surface area contributed by atoms with Crippen LogP contribution in [-0.4, -0.2) is 20.1 Å². The number of aromatic nitrogens is 3. The number of nitrogens with zero attached hydrogens (tertiary/aromatic N) is 3. The van der Waals surface area contributed by atoms with Gasteiger partial charge >= 0.3 is 0 Å². The van der Waals surface area contributed by atoms with Crippen LogP contribution in [0.4, 0.5) is 5.82 Å². The fraction of sp³-hybridized carbons (Fsp3) is 0.0952. The van der Waals surface area contributed by atoms with Crippen LogP contribution in [0.5, 0.6) is 0 Å². The molecule has 5 nitrogen and oxygen atoms in total. The molecule has 0 radical (unpaired) electrons. The number of aliphatic hydroxyl groups excluding tert-OH is 1. The van der Waals surface area contributed by atoms with Crippen LogP contribution in [0.2, 0.25) is 0 Å². The van der Waals surface area contributed by atoms with Crippen molar-refractivity contribution in [3.63, 3.8) is 0 Å². The van der Waals surface area contributed by atoms with Crippen LogP contribution in [0.1, 0.15) is 11.1 Å². The highest BCUT2D eigenvalue weighted by Gasteiger charge is 2.10. The second-order valence-electron chi connectivity index (χ2n) is 5.99. The summed E-state index contributed by atoms with van der Waals surface area (Å²) in [5.74, 6) is 1.37. The van der Waals surface area contributed by atoms with Gasteiger partial charge in [0.25, 0.3) is 0 Å². The minimum absolute atomic E-state index is 0.0155. The molecule has 0 saturated heterocycles. The van der Waals surface area contributed by atoms with E-state index in [1.807, 2.05) is 48.5 Å². The van der Waals surface area contributed by atoms with Gasteiger partial charge in [-0.05, 0) is 35.4 Å². The molecule has 4 aromatic rings. The zero-order valence-electron chi connectivity index (χ0n) is 14.1. The van der Waals surface area contributed by atoms with Crippen molar-refractivity contribution in [2.45, 2.75) is 13.2 Å². The summed E-state index contributed by atoms with van der Waals surface area (Å²) >= 11 is 0. The van der Waals surface area contributed by atoms with Crippen LogP contribution in [0.3, 0.4) is 0 Å². The van der Waals surface area contributed by atoms with Crippen molar-refractivity contribution in [2.75, 3.05) is 5.32 Å². The average molecular weight is 342 g/mol.